The second-order valence-electron chi connectivity index (χ2n) is 5.43. The smallest absolute Gasteiger partial charge is 0.255 e. The minimum absolute atomic E-state index is 0.0124. The minimum atomic E-state index is -0.123. The Kier molecular flexibility index (Phi) is 7.05. The van der Waals surface area contributed by atoms with Crippen molar-refractivity contribution >= 4 is 34.2 Å². The highest BCUT2D eigenvalue weighted by molar-refractivity contribution is 14.1. The zero-order valence-corrected chi connectivity index (χ0v) is 16.4. The van der Waals surface area contributed by atoms with Gasteiger partial charge in [0.1, 0.15) is 12.0 Å². The highest BCUT2D eigenvalue weighted by Gasteiger charge is 2.12. The Bertz CT molecular complexity index is 687. The fourth-order valence-electron chi connectivity index (χ4n) is 2.49. The van der Waals surface area contributed by atoms with E-state index >= 15 is 0 Å². The highest BCUT2D eigenvalue weighted by Crippen LogP contribution is 2.20. The Morgan fingerprint density at radius 2 is 1.88 bits per heavy atom. The van der Waals surface area contributed by atoms with Crippen LogP contribution in [0.4, 0.5) is 5.69 Å². The molecule has 0 spiro atoms. The van der Waals surface area contributed by atoms with Crippen LogP contribution in [0.25, 0.3) is 0 Å². The molecule has 4 nitrogen and oxygen atoms in total. The van der Waals surface area contributed by atoms with Crippen molar-refractivity contribution in [3.05, 3.63) is 57.7 Å². The quantitative estimate of drug-likeness (QED) is 0.507. The fourth-order valence-corrected chi connectivity index (χ4v) is 3.03. The summed E-state index contributed by atoms with van der Waals surface area (Å²) >= 11 is 2.20. The van der Waals surface area contributed by atoms with Gasteiger partial charge < -0.3 is 10.1 Å². The summed E-state index contributed by atoms with van der Waals surface area (Å²) in [6, 6.07) is 15.0. The molecule has 0 bridgehead atoms. The van der Waals surface area contributed by atoms with E-state index in [1.54, 1.807) is 6.07 Å². The lowest BCUT2D eigenvalue weighted by Crippen LogP contribution is -2.36. The van der Waals surface area contributed by atoms with Crippen LogP contribution >= 0.6 is 22.6 Å². The lowest BCUT2D eigenvalue weighted by molar-refractivity contribution is 0.0481. The minimum Gasteiger partial charge on any atom is -0.475 e. The Hall–Kier alpha value is -1.60. The summed E-state index contributed by atoms with van der Waals surface area (Å²) in [5, 5.41) is 2.92. The van der Waals surface area contributed by atoms with Crippen molar-refractivity contribution in [3.8, 4) is 5.75 Å². The molecule has 0 fully saturated rings. The summed E-state index contributed by atoms with van der Waals surface area (Å²) in [4.78, 5) is 14.6. The molecule has 1 atom stereocenters. The van der Waals surface area contributed by atoms with E-state index in [9.17, 15) is 4.79 Å². The van der Waals surface area contributed by atoms with Crippen LogP contribution in [0.1, 0.15) is 31.1 Å². The number of nitrogens with zero attached hydrogens (tertiary/aromatic N) is 1. The van der Waals surface area contributed by atoms with Crippen molar-refractivity contribution < 1.29 is 9.53 Å². The fraction of sp³-hybridized carbons (Fsp3) is 0.316. The van der Waals surface area contributed by atoms with E-state index in [4.69, 9.17) is 4.74 Å². The molecule has 0 aliphatic carbocycles. The number of anilines is 1. The average molecular weight is 438 g/mol. The maximum absolute atomic E-state index is 12.3. The predicted octanol–water partition coefficient (Wildman–Crippen LogP) is 4.61. The standard InChI is InChI=1S/C19H23IN2O2/c1-4-22(5-2)14(3)24-18-11-7-10-17(13-18)21-19(23)15-8-6-9-16(20)12-15/h6-14H,4-5H2,1-3H3,(H,21,23). The van der Waals surface area contributed by atoms with Crippen LogP contribution in [0, 0.1) is 3.57 Å². The Morgan fingerprint density at radius 1 is 1.17 bits per heavy atom. The molecule has 2 rings (SSSR count). The van der Waals surface area contributed by atoms with Crippen LogP contribution in [-0.2, 0) is 0 Å². The van der Waals surface area contributed by atoms with Gasteiger partial charge in [-0.2, -0.15) is 0 Å². The molecule has 0 saturated carbocycles. The van der Waals surface area contributed by atoms with E-state index in [-0.39, 0.29) is 12.1 Å². The van der Waals surface area contributed by atoms with Gasteiger partial charge in [-0.05, 0) is 72.9 Å². The molecule has 0 heterocycles. The van der Waals surface area contributed by atoms with Gasteiger partial charge in [0.05, 0.1) is 0 Å². The van der Waals surface area contributed by atoms with E-state index in [1.807, 2.05) is 49.4 Å². The molecule has 5 heteroatoms. The van der Waals surface area contributed by atoms with Gasteiger partial charge >= 0.3 is 0 Å². The number of hydrogen-bond donors (Lipinski definition) is 1. The predicted molar refractivity (Wildman–Crippen MR) is 107 cm³/mol. The van der Waals surface area contributed by atoms with Crippen LogP contribution in [0.2, 0.25) is 0 Å². The summed E-state index contributed by atoms with van der Waals surface area (Å²) in [6.45, 7) is 8.12. The van der Waals surface area contributed by atoms with E-state index in [0.717, 1.165) is 28.1 Å². The molecule has 2 aromatic rings. The molecule has 0 aliphatic heterocycles. The van der Waals surface area contributed by atoms with Crippen molar-refractivity contribution in [2.24, 2.45) is 0 Å². The monoisotopic (exact) mass is 438 g/mol. The molecule has 1 unspecified atom stereocenters. The van der Waals surface area contributed by atoms with Crippen LogP contribution in [0.5, 0.6) is 5.75 Å². The van der Waals surface area contributed by atoms with E-state index < -0.39 is 0 Å². The number of rotatable bonds is 7. The molecule has 0 saturated heterocycles. The first kappa shape index (κ1) is 18.7. The van der Waals surface area contributed by atoms with Gasteiger partial charge in [0.15, 0.2) is 0 Å². The zero-order valence-electron chi connectivity index (χ0n) is 14.3. The molecule has 128 valence electrons. The molecule has 0 radical (unpaired) electrons. The molecule has 24 heavy (non-hydrogen) atoms. The first-order valence-corrected chi connectivity index (χ1v) is 9.19. The number of amides is 1. The van der Waals surface area contributed by atoms with Gasteiger partial charge in [0, 0.05) is 20.9 Å². The zero-order chi connectivity index (χ0) is 17.5. The van der Waals surface area contributed by atoms with Gasteiger partial charge in [0.2, 0.25) is 0 Å². The van der Waals surface area contributed by atoms with Crippen LogP contribution < -0.4 is 10.1 Å². The van der Waals surface area contributed by atoms with Crippen LogP contribution in [0.15, 0.2) is 48.5 Å². The number of carbonyl (C=O) groups is 1. The maximum atomic E-state index is 12.3. The summed E-state index contributed by atoms with van der Waals surface area (Å²) in [6.07, 6.45) is -0.0124. The number of ether oxygens (including phenoxy) is 1. The molecular weight excluding hydrogens is 415 g/mol. The third kappa shape index (κ3) is 5.21. The molecule has 2 aromatic carbocycles. The Morgan fingerprint density at radius 3 is 2.54 bits per heavy atom. The number of hydrogen-bond acceptors (Lipinski definition) is 3. The Balaban J connectivity index is 2.06. The van der Waals surface area contributed by atoms with E-state index in [1.165, 1.54) is 0 Å². The first-order valence-electron chi connectivity index (χ1n) is 8.11. The van der Waals surface area contributed by atoms with Crippen molar-refractivity contribution in [1.82, 2.24) is 4.90 Å². The topological polar surface area (TPSA) is 41.6 Å². The summed E-state index contributed by atoms with van der Waals surface area (Å²) < 4.78 is 7.01. The summed E-state index contributed by atoms with van der Waals surface area (Å²) in [5.41, 5.74) is 1.37. The normalized spacial score (nSPS) is 12.0. The van der Waals surface area contributed by atoms with E-state index in [2.05, 4.69) is 46.7 Å². The SMILES string of the molecule is CCN(CC)C(C)Oc1cccc(NC(=O)c2cccc(I)c2)c1. The van der Waals surface area contributed by atoms with Crippen molar-refractivity contribution in [2.45, 2.75) is 27.0 Å². The second-order valence-corrected chi connectivity index (χ2v) is 6.68. The lowest BCUT2D eigenvalue weighted by Gasteiger charge is -2.27. The second kappa shape index (κ2) is 9.03. The third-order valence-corrected chi connectivity index (χ3v) is 4.48. The largest absolute Gasteiger partial charge is 0.475 e. The van der Waals surface area contributed by atoms with Crippen molar-refractivity contribution in [3.63, 3.8) is 0 Å². The lowest BCUT2D eigenvalue weighted by atomic mass is 10.2. The number of carbonyl (C=O) groups excluding carboxylic acids is 1. The Labute approximate surface area is 157 Å². The number of nitrogens with one attached hydrogen (secondary N) is 1. The average Bonchev–Trinajstić information content (AvgIpc) is 2.56. The molecule has 0 aliphatic rings. The number of benzene rings is 2. The van der Waals surface area contributed by atoms with Gasteiger partial charge in [-0.25, -0.2) is 0 Å². The van der Waals surface area contributed by atoms with Gasteiger partial charge in [-0.3, -0.25) is 9.69 Å². The van der Waals surface area contributed by atoms with Gasteiger partial charge in [-0.15, -0.1) is 0 Å². The molecule has 0 aromatic heterocycles. The molecule has 1 N–H and O–H groups in total. The van der Waals surface area contributed by atoms with Crippen LogP contribution in [-0.4, -0.2) is 30.1 Å². The summed E-state index contributed by atoms with van der Waals surface area (Å²) in [7, 11) is 0. The maximum Gasteiger partial charge on any atom is 0.255 e. The summed E-state index contributed by atoms with van der Waals surface area (Å²) in [5.74, 6) is 0.622. The van der Waals surface area contributed by atoms with E-state index in [0.29, 0.717) is 5.56 Å². The third-order valence-electron chi connectivity index (χ3n) is 3.81. The number of halogens is 1. The highest BCUT2D eigenvalue weighted by atomic mass is 127. The first-order chi connectivity index (χ1) is 11.5. The molecular formula is C19H23IN2O2. The van der Waals surface area contributed by atoms with Crippen LogP contribution in [0.3, 0.4) is 0 Å². The van der Waals surface area contributed by atoms with Gasteiger partial charge in [-0.1, -0.05) is 26.0 Å². The molecule has 1 amide bonds. The van der Waals surface area contributed by atoms with Gasteiger partial charge in [0.25, 0.3) is 5.91 Å². The van der Waals surface area contributed by atoms with Crippen molar-refractivity contribution in [1.29, 1.82) is 0 Å². The van der Waals surface area contributed by atoms with Crippen molar-refractivity contribution in [2.75, 3.05) is 18.4 Å².